The van der Waals surface area contributed by atoms with Crippen LogP contribution in [0.5, 0.6) is 5.75 Å². The van der Waals surface area contributed by atoms with Gasteiger partial charge in [-0.2, -0.15) is 5.10 Å². The summed E-state index contributed by atoms with van der Waals surface area (Å²) in [5.74, 6) is 0.920. The van der Waals surface area contributed by atoms with Gasteiger partial charge in [0.05, 0.1) is 18.8 Å². The van der Waals surface area contributed by atoms with E-state index in [9.17, 15) is 4.79 Å². The van der Waals surface area contributed by atoms with Crippen LogP contribution in [0.2, 0.25) is 0 Å². The van der Waals surface area contributed by atoms with Crippen LogP contribution in [0.4, 0.5) is 0 Å². The molecule has 1 unspecified atom stereocenters. The van der Waals surface area contributed by atoms with Crippen LogP contribution in [-0.4, -0.2) is 33.7 Å². The van der Waals surface area contributed by atoms with Crippen LogP contribution in [0.15, 0.2) is 42.7 Å². The molecule has 0 spiro atoms. The van der Waals surface area contributed by atoms with Gasteiger partial charge in [-0.1, -0.05) is 12.1 Å². The van der Waals surface area contributed by atoms with Gasteiger partial charge in [-0.15, -0.1) is 0 Å². The van der Waals surface area contributed by atoms with Crippen molar-refractivity contribution in [2.75, 3.05) is 13.2 Å². The lowest BCUT2D eigenvalue weighted by Crippen LogP contribution is -2.28. The highest BCUT2D eigenvalue weighted by atomic mass is 16.5. The molecule has 1 aromatic heterocycles. The van der Waals surface area contributed by atoms with Crippen molar-refractivity contribution >= 4 is 12.0 Å². The highest BCUT2D eigenvalue weighted by Gasteiger charge is 2.28. The Hall–Kier alpha value is -2.56. The predicted octanol–water partition coefficient (Wildman–Crippen LogP) is 3.20. The van der Waals surface area contributed by atoms with Gasteiger partial charge in [-0.3, -0.25) is 9.48 Å². The number of likely N-dealkylation sites (tertiary alicyclic amines) is 1. The second-order valence-electron chi connectivity index (χ2n) is 5.97. The molecule has 1 aliphatic heterocycles. The van der Waals surface area contributed by atoms with Crippen molar-refractivity contribution in [1.82, 2.24) is 14.7 Å². The van der Waals surface area contributed by atoms with Crippen molar-refractivity contribution < 1.29 is 9.53 Å². The minimum absolute atomic E-state index is 0.0511. The Kier molecular flexibility index (Phi) is 4.99. The van der Waals surface area contributed by atoms with Crippen molar-refractivity contribution in [2.45, 2.75) is 25.8 Å². The maximum absolute atomic E-state index is 12.6. The van der Waals surface area contributed by atoms with Gasteiger partial charge in [0.25, 0.3) is 0 Å². The predicted molar refractivity (Wildman–Crippen MR) is 93.5 cm³/mol. The second kappa shape index (κ2) is 7.34. The molecule has 0 aliphatic carbocycles. The molecule has 1 amide bonds. The van der Waals surface area contributed by atoms with E-state index < -0.39 is 0 Å². The second-order valence-corrected chi connectivity index (χ2v) is 5.97. The molecule has 0 radical (unpaired) electrons. The van der Waals surface area contributed by atoms with Gasteiger partial charge >= 0.3 is 0 Å². The molecule has 0 saturated carbocycles. The van der Waals surface area contributed by atoms with Crippen molar-refractivity contribution in [3.63, 3.8) is 0 Å². The molecule has 1 atom stereocenters. The number of nitrogens with zero attached hydrogens (tertiary/aromatic N) is 3. The van der Waals surface area contributed by atoms with Gasteiger partial charge in [0.15, 0.2) is 0 Å². The SMILES string of the molecule is CCOc1ccc(C2CCCN2C(=O)C=Cc2cnn(C)c2)cc1. The lowest BCUT2D eigenvalue weighted by Gasteiger charge is -2.24. The van der Waals surface area contributed by atoms with E-state index in [0.717, 1.165) is 30.7 Å². The summed E-state index contributed by atoms with van der Waals surface area (Å²) in [6, 6.07) is 8.22. The normalized spacial score (nSPS) is 17.6. The van der Waals surface area contributed by atoms with E-state index in [4.69, 9.17) is 4.74 Å². The third-order valence-electron chi connectivity index (χ3n) is 4.25. The molecule has 2 heterocycles. The molecule has 1 saturated heterocycles. The van der Waals surface area contributed by atoms with Crippen molar-refractivity contribution in [3.8, 4) is 5.75 Å². The van der Waals surface area contributed by atoms with E-state index in [-0.39, 0.29) is 11.9 Å². The Labute approximate surface area is 142 Å². The number of rotatable bonds is 5. The van der Waals surface area contributed by atoms with E-state index in [1.54, 1.807) is 17.0 Å². The summed E-state index contributed by atoms with van der Waals surface area (Å²) in [5.41, 5.74) is 2.10. The fraction of sp³-hybridized carbons (Fsp3) is 0.368. The number of amides is 1. The summed E-state index contributed by atoms with van der Waals surface area (Å²) in [6.07, 6.45) is 9.13. The van der Waals surface area contributed by atoms with E-state index in [1.165, 1.54) is 5.56 Å². The summed E-state index contributed by atoms with van der Waals surface area (Å²) in [5, 5.41) is 4.11. The molecular formula is C19H23N3O2. The molecule has 0 bridgehead atoms. The van der Waals surface area contributed by atoms with Crippen LogP contribution >= 0.6 is 0 Å². The minimum Gasteiger partial charge on any atom is -0.494 e. The highest BCUT2D eigenvalue weighted by Crippen LogP contribution is 2.33. The van der Waals surface area contributed by atoms with E-state index >= 15 is 0 Å². The molecule has 2 aromatic rings. The minimum atomic E-state index is 0.0511. The van der Waals surface area contributed by atoms with Gasteiger partial charge in [0.2, 0.25) is 5.91 Å². The first-order valence-electron chi connectivity index (χ1n) is 8.37. The number of carbonyl (C=O) groups is 1. The van der Waals surface area contributed by atoms with E-state index in [2.05, 4.69) is 17.2 Å². The van der Waals surface area contributed by atoms with Crippen LogP contribution < -0.4 is 4.74 Å². The molecule has 3 rings (SSSR count). The monoisotopic (exact) mass is 325 g/mol. The summed E-state index contributed by atoms with van der Waals surface area (Å²) >= 11 is 0. The topological polar surface area (TPSA) is 47.4 Å². The fourth-order valence-electron chi connectivity index (χ4n) is 3.12. The first-order chi connectivity index (χ1) is 11.7. The fourth-order valence-corrected chi connectivity index (χ4v) is 3.12. The van der Waals surface area contributed by atoms with E-state index in [0.29, 0.717) is 6.61 Å². The third kappa shape index (κ3) is 3.67. The third-order valence-corrected chi connectivity index (χ3v) is 4.25. The number of aryl methyl sites for hydroxylation is 1. The Balaban J connectivity index is 1.70. The van der Waals surface area contributed by atoms with E-state index in [1.807, 2.05) is 43.3 Å². The maximum Gasteiger partial charge on any atom is 0.247 e. The molecular weight excluding hydrogens is 302 g/mol. The van der Waals surface area contributed by atoms with Crippen LogP contribution in [-0.2, 0) is 11.8 Å². The first-order valence-corrected chi connectivity index (χ1v) is 8.37. The Bertz CT molecular complexity index is 718. The quantitative estimate of drug-likeness (QED) is 0.793. The van der Waals surface area contributed by atoms with Gasteiger partial charge in [-0.25, -0.2) is 0 Å². The number of hydrogen-bond donors (Lipinski definition) is 0. The van der Waals surface area contributed by atoms with Gasteiger partial charge in [0.1, 0.15) is 5.75 Å². The largest absolute Gasteiger partial charge is 0.494 e. The van der Waals surface area contributed by atoms with Crippen LogP contribution in [0, 0.1) is 0 Å². The Morgan fingerprint density at radius 3 is 2.83 bits per heavy atom. The number of aromatic nitrogens is 2. The smallest absolute Gasteiger partial charge is 0.247 e. The van der Waals surface area contributed by atoms with Crippen LogP contribution in [0.3, 0.4) is 0 Å². The lowest BCUT2D eigenvalue weighted by atomic mass is 10.0. The summed E-state index contributed by atoms with van der Waals surface area (Å²) in [4.78, 5) is 14.5. The molecule has 24 heavy (non-hydrogen) atoms. The zero-order chi connectivity index (χ0) is 16.9. The van der Waals surface area contributed by atoms with Crippen LogP contribution in [0.1, 0.15) is 36.9 Å². The molecule has 1 fully saturated rings. The van der Waals surface area contributed by atoms with Gasteiger partial charge < -0.3 is 9.64 Å². The molecule has 126 valence electrons. The number of carbonyl (C=O) groups excluding carboxylic acids is 1. The van der Waals surface area contributed by atoms with Crippen LogP contribution in [0.25, 0.3) is 6.08 Å². The van der Waals surface area contributed by atoms with Gasteiger partial charge in [-0.05, 0) is 43.5 Å². The summed E-state index contributed by atoms with van der Waals surface area (Å²) < 4.78 is 7.21. The zero-order valence-corrected chi connectivity index (χ0v) is 14.2. The molecule has 1 aromatic carbocycles. The van der Waals surface area contributed by atoms with Crippen molar-refractivity contribution in [1.29, 1.82) is 0 Å². The first kappa shape index (κ1) is 16.3. The van der Waals surface area contributed by atoms with Crippen molar-refractivity contribution in [3.05, 3.63) is 53.9 Å². The maximum atomic E-state index is 12.6. The molecule has 5 heteroatoms. The highest BCUT2D eigenvalue weighted by molar-refractivity contribution is 5.92. The number of hydrogen-bond acceptors (Lipinski definition) is 3. The zero-order valence-electron chi connectivity index (χ0n) is 14.2. The van der Waals surface area contributed by atoms with Gasteiger partial charge in [0, 0.05) is 31.4 Å². The average Bonchev–Trinajstić information content (AvgIpc) is 3.23. The number of ether oxygens (including phenoxy) is 1. The van der Waals surface area contributed by atoms with Crippen molar-refractivity contribution in [2.24, 2.45) is 7.05 Å². The summed E-state index contributed by atoms with van der Waals surface area (Å²) in [6.45, 7) is 3.43. The standard InChI is InChI=1S/C19H23N3O2/c1-3-24-17-9-7-16(8-10-17)18-5-4-12-22(18)19(23)11-6-15-13-20-21(2)14-15/h6-11,13-14,18H,3-5,12H2,1-2H3. The molecule has 0 N–H and O–H groups in total. The lowest BCUT2D eigenvalue weighted by molar-refractivity contribution is -0.126. The Morgan fingerprint density at radius 1 is 1.38 bits per heavy atom. The average molecular weight is 325 g/mol. The summed E-state index contributed by atoms with van der Waals surface area (Å²) in [7, 11) is 1.86. The molecule has 1 aliphatic rings. The number of benzene rings is 1. The molecule has 5 nitrogen and oxygen atoms in total. The Morgan fingerprint density at radius 2 is 2.17 bits per heavy atom.